The number of carbonyl (C=O) groups excluding carboxylic acids is 1. The number of thiazole rings is 1. The molecule has 0 aliphatic heterocycles. The molecule has 1 heterocycles. The Kier molecular flexibility index (Phi) is 3.77. The third-order valence-corrected chi connectivity index (χ3v) is 3.78. The highest BCUT2D eigenvalue weighted by molar-refractivity contribution is 7.13. The molecule has 94 valence electrons. The normalized spacial score (nSPS) is 10.4. The van der Waals surface area contributed by atoms with Gasteiger partial charge in [-0.2, -0.15) is 0 Å². The van der Waals surface area contributed by atoms with Gasteiger partial charge in [-0.25, -0.2) is 4.98 Å². The second kappa shape index (κ2) is 5.31. The topological polar surface area (TPSA) is 33.2 Å². The van der Waals surface area contributed by atoms with E-state index in [1.54, 1.807) is 19.0 Å². The highest BCUT2D eigenvalue weighted by atomic mass is 32.1. The van der Waals surface area contributed by atoms with Gasteiger partial charge in [0.25, 0.3) is 5.91 Å². The fourth-order valence-corrected chi connectivity index (χ4v) is 2.82. The molecule has 0 aliphatic rings. The summed E-state index contributed by atoms with van der Waals surface area (Å²) in [4.78, 5) is 18.7. The van der Waals surface area contributed by atoms with Gasteiger partial charge in [0, 0.05) is 20.5 Å². The molecule has 0 atom stereocenters. The molecule has 0 unspecified atom stereocenters. The summed E-state index contributed by atoms with van der Waals surface area (Å²) in [6.45, 7) is 1.89. The van der Waals surface area contributed by atoms with Crippen LogP contribution in [-0.4, -0.2) is 29.9 Å². The highest BCUT2D eigenvalue weighted by Gasteiger charge is 2.16. The summed E-state index contributed by atoms with van der Waals surface area (Å²) in [5.41, 5.74) is 2.04. The fourth-order valence-electron chi connectivity index (χ4n) is 1.70. The lowest BCUT2D eigenvalue weighted by Gasteiger charge is -2.07. The summed E-state index contributed by atoms with van der Waals surface area (Å²) < 4.78 is 0. The molecule has 1 aromatic carbocycles. The van der Waals surface area contributed by atoms with Crippen molar-refractivity contribution in [3.8, 4) is 0 Å². The van der Waals surface area contributed by atoms with Crippen molar-refractivity contribution in [1.29, 1.82) is 0 Å². The van der Waals surface area contributed by atoms with E-state index in [0.29, 0.717) is 0 Å². The molecule has 0 saturated heterocycles. The Bertz CT molecular complexity index is 546. The summed E-state index contributed by atoms with van der Waals surface area (Å²) in [7, 11) is 3.52. The van der Waals surface area contributed by atoms with Crippen molar-refractivity contribution in [3.63, 3.8) is 0 Å². The minimum atomic E-state index is 0.0318. The largest absolute Gasteiger partial charge is 0.344 e. The van der Waals surface area contributed by atoms with Crippen LogP contribution in [0.5, 0.6) is 0 Å². The van der Waals surface area contributed by atoms with E-state index in [4.69, 9.17) is 0 Å². The van der Waals surface area contributed by atoms with Crippen LogP contribution in [0.15, 0.2) is 30.3 Å². The Morgan fingerprint density at radius 1 is 1.28 bits per heavy atom. The van der Waals surface area contributed by atoms with E-state index < -0.39 is 0 Å². The zero-order valence-corrected chi connectivity index (χ0v) is 11.6. The Balaban J connectivity index is 2.22. The molecule has 4 heteroatoms. The quantitative estimate of drug-likeness (QED) is 0.850. The van der Waals surface area contributed by atoms with Gasteiger partial charge in [-0.15, -0.1) is 11.3 Å². The van der Waals surface area contributed by atoms with Crippen molar-refractivity contribution >= 4 is 17.2 Å². The number of rotatable bonds is 3. The van der Waals surface area contributed by atoms with Crippen molar-refractivity contribution in [2.75, 3.05) is 14.1 Å². The summed E-state index contributed by atoms with van der Waals surface area (Å²) in [5, 5.41) is 0.990. The minimum Gasteiger partial charge on any atom is -0.344 e. The first-order chi connectivity index (χ1) is 8.58. The van der Waals surface area contributed by atoms with Crippen LogP contribution in [0.2, 0.25) is 0 Å². The highest BCUT2D eigenvalue weighted by Crippen LogP contribution is 2.21. The molecule has 0 bridgehead atoms. The van der Waals surface area contributed by atoms with Gasteiger partial charge in [-0.1, -0.05) is 30.3 Å². The molecule has 0 fully saturated rings. The molecular formula is C14H16N2OS. The molecule has 0 aliphatic carbocycles. The SMILES string of the molecule is Cc1nc(Cc2ccccc2)sc1C(=O)N(C)C. The van der Waals surface area contributed by atoms with E-state index >= 15 is 0 Å². The zero-order valence-electron chi connectivity index (χ0n) is 10.8. The average Bonchev–Trinajstić information content (AvgIpc) is 2.70. The number of benzene rings is 1. The maximum Gasteiger partial charge on any atom is 0.265 e. The first kappa shape index (κ1) is 12.8. The summed E-state index contributed by atoms with van der Waals surface area (Å²) in [6, 6.07) is 10.2. The van der Waals surface area contributed by atoms with Crippen LogP contribution in [0.3, 0.4) is 0 Å². The van der Waals surface area contributed by atoms with Gasteiger partial charge in [-0.3, -0.25) is 4.79 Å². The molecule has 3 nitrogen and oxygen atoms in total. The maximum atomic E-state index is 11.9. The van der Waals surface area contributed by atoms with Crippen LogP contribution < -0.4 is 0 Å². The fraction of sp³-hybridized carbons (Fsp3) is 0.286. The number of nitrogens with zero attached hydrogens (tertiary/aromatic N) is 2. The first-order valence-corrected chi connectivity index (χ1v) is 6.61. The van der Waals surface area contributed by atoms with Crippen LogP contribution in [0, 0.1) is 6.92 Å². The van der Waals surface area contributed by atoms with Crippen LogP contribution in [0.25, 0.3) is 0 Å². The lowest BCUT2D eigenvalue weighted by molar-refractivity contribution is 0.0831. The molecule has 0 saturated carbocycles. The average molecular weight is 260 g/mol. The predicted octanol–water partition coefficient (Wildman–Crippen LogP) is 2.74. The van der Waals surface area contributed by atoms with Crippen molar-refractivity contribution in [1.82, 2.24) is 9.88 Å². The van der Waals surface area contributed by atoms with Crippen LogP contribution in [0.4, 0.5) is 0 Å². The number of amides is 1. The van der Waals surface area contributed by atoms with Crippen molar-refractivity contribution < 1.29 is 4.79 Å². The summed E-state index contributed by atoms with van der Waals surface area (Å²) in [5.74, 6) is 0.0318. The molecule has 18 heavy (non-hydrogen) atoms. The van der Waals surface area contributed by atoms with Crippen molar-refractivity contribution in [2.24, 2.45) is 0 Å². The molecule has 1 amide bonds. The Morgan fingerprint density at radius 2 is 1.94 bits per heavy atom. The van der Waals surface area contributed by atoms with Crippen LogP contribution in [0.1, 0.15) is 25.9 Å². The Morgan fingerprint density at radius 3 is 2.56 bits per heavy atom. The minimum absolute atomic E-state index is 0.0318. The second-order valence-corrected chi connectivity index (χ2v) is 5.47. The van der Waals surface area contributed by atoms with Gasteiger partial charge in [0.2, 0.25) is 0 Å². The van der Waals surface area contributed by atoms with E-state index in [-0.39, 0.29) is 5.91 Å². The zero-order chi connectivity index (χ0) is 13.1. The molecule has 0 radical (unpaired) electrons. The molecule has 0 N–H and O–H groups in total. The predicted molar refractivity (Wildman–Crippen MR) is 74.1 cm³/mol. The standard InChI is InChI=1S/C14H16N2OS/c1-10-13(14(17)16(2)3)18-12(15-10)9-11-7-5-4-6-8-11/h4-8H,9H2,1-3H3. The maximum absolute atomic E-state index is 11.9. The number of hydrogen-bond donors (Lipinski definition) is 0. The Hall–Kier alpha value is -1.68. The van der Waals surface area contributed by atoms with Gasteiger partial charge in [-0.05, 0) is 12.5 Å². The molecule has 2 rings (SSSR count). The number of carbonyl (C=O) groups is 1. The molecule has 2 aromatic rings. The monoisotopic (exact) mass is 260 g/mol. The van der Waals surface area contributed by atoms with E-state index in [1.165, 1.54) is 16.9 Å². The van der Waals surface area contributed by atoms with Crippen molar-refractivity contribution in [2.45, 2.75) is 13.3 Å². The summed E-state index contributed by atoms with van der Waals surface area (Å²) in [6.07, 6.45) is 0.785. The lowest BCUT2D eigenvalue weighted by atomic mass is 10.2. The summed E-state index contributed by atoms with van der Waals surface area (Å²) >= 11 is 1.49. The van der Waals surface area contributed by atoms with Gasteiger partial charge >= 0.3 is 0 Å². The molecular weight excluding hydrogens is 244 g/mol. The molecule has 0 spiro atoms. The van der Waals surface area contributed by atoms with E-state index in [0.717, 1.165) is 22.0 Å². The molecule has 1 aromatic heterocycles. The third kappa shape index (κ3) is 2.76. The van der Waals surface area contributed by atoms with E-state index in [9.17, 15) is 4.79 Å². The smallest absolute Gasteiger partial charge is 0.265 e. The van der Waals surface area contributed by atoms with E-state index in [1.807, 2.05) is 25.1 Å². The number of aryl methyl sites for hydroxylation is 1. The van der Waals surface area contributed by atoms with Gasteiger partial charge < -0.3 is 4.90 Å². The number of hydrogen-bond acceptors (Lipinski definition) is 3. The van der Waals surface area contributed by atoms with E-state index in [2.05, 4.69) is 17.1 Å². The number of aromatic nitrogens is 1. The van der Waals surface area contributed by atoms with Gasteiger partial charge in [0.1, 0.15) is 4.88 Å². The van der Waals surface area contributed by atoms with Crippen LogP contribution in [-0.2, 0) is 6.42 Å². The first-order valence-electron chi connectivity index (χ1n) is 5.80. The van der Waals surface area contributed by atoms with Gasteiger partial charge in [0.05, 0.1) is 10.7 Å². The van der Waals surface area contributed by atoms with Gasteiger partial charge in [0.15, 0.2) is 0 Å². The van der Waals surface area contributed by atoms with Crippen molar-refractivity contribution in [3.05, 3.63) is 51.5 Å². The third-order valence-electron chi connectivity index (χ3n) is 2.64. The second-order valence-electron chi connectivity index (χ2n) is 4.38. The van der Waals surface area contributed by atoms with Crippen LogP contribution >= 0.6 is 11.3 Å². The Labute approximate surface area is 111 Å². The lowest BCUT2D eigenvalue weighted by Crippen LogP contribution is -2.21.